The van der Waals surface area contributed by atoms with E-state index in [1.807, 2.05) is 12.1 Å². The Balaban J connectivity index is 1.56. The summed E-state index contributed by atoms with van der Waals surface area (Å²) in [7, 11) is -3.70. The lowest BCUT2D eigenvalue weighted by molar-refractivity contribution is -0.159. The van der Waals surface area contributed by atoms with E-state index in [0.717, 1.165) is 17.9 Å². The number of rotatable bonds is 10. The van der Waals surface area contributed by atoms with Crippen molar-refractivity contribution in [3.05, 3.63) is 95.8 Å². The van der Waals surface area contributed by atoms with E-state index in [2.05, 4.69) is 26.5 Å². The summed E-state index contributed by atoms with van der Waals surface area (Å²) in [5.74, 6) is -2.32. The number of hydrogen-bond donors (Lipinski definition) is 1. The molecule has 14 heteroatoms. The second kappa shape index (κ2) is 13.7. The lowest BCUT2D eigenvalue weighted by Crippen LogP contribution is -2.37. The largest absolute Gasteiger partial charge is 0.431 e. The molecule has 2 N–H and O–H groups in total. The highest BCUT2D eigenvalue weighted by Crippen LogP contribution is 2.45. The summed E-state index contributed by atoms with van der Waals surface area (Å²) in [4.78, 5) is 17.3. The van der Waals surface area contributed by atoms with Crippen molar-refractivity contribution in [2.45, 2.75) is 81.4 Å². The number of aromatic nitrogens is 3. The van der Waals surface area contributed by atoms with E-state index in [0.29, 0.717) is 30.2 Å². The first kappa shape index (κ1) is 36.8. The summed E-state index contributed by atoms with van der Waals surface area (Å²) < 4.78 is 92.9. The van der Waals surface area contributed by atoms with E-state index in [9.17, 15) is 22.0 Å². The lowest BCUT2D eigenvalue weighted by Gasteiger charge is -2.30. The summed E-state index contributed by atoms with van der Waals surface area (Å²) in [5, 5.41) is 7.84. The molecule has 50 heavy (non-hydrogen) atoms. The van der Waals surface area contributed by atoms with Crippen LogP contribution in [0.15, 0.2) is 71.8 Å². The topological polar surface area (TPSA) is 138 Å². The fourth-order valence-electron chi connectivity index (χ4n) is 5.99. The zero-order valence-electron chi connectivity index (χ0n) is 28.1. The molecule has 0 amide bonds. The number of nitrogens with zero attached hydrogens (tertiary/aromatic N) is 3. The molecule has 1 aliphatic rings. The molecular weight excluding hydrogens is 676 g/mol. The van der Waals surface area contributed by atoms with E-state index in [1.54, 1.807) is 18.2 Å². The van der Waals surface area contributed by atoms with Gasteiger partial charge in [-0.2, -0.15) is 8.78 Å². The highest BCUT2D eigenvalue weighted by atomic mass is 32.2. The van der Waals surface area contributed by atoms with Crippen LogP contribution in [0.3, 0.4) is 0 Å². The van der Waals surface area contributed by atoms with Crippen molar-refractivity contribution < 1.29 is 39.9 Å². The Bertz CT molecular complexity index is 1990. The minimum Gasteiger partial charge on any atom is -0.431 e. The van der Waals surface area contributed by atoms with E-state index in [-0.39, 0.29) is 60.1 Å². The normalized spacial score (nSPS) is 20.4. The van der Waals surface area contributed by atoms with Gasteiger partial charge in [0.2, 0.25) is 5.89 Å². The number of carbonyl (C=O) groups is 1. The van der Waals surface area contributed by atoms with Crippen molar-refractivity contribution >= 4 is 15.6 Å². The van der Waals surface area contributed by atoms with Crippen LogP contribution < -0.4 is 10.5 Å². The van der Waals surface area contributed by atoms with Crippen LogP contribution >= 0.6 is 0 Å². The summed E-state index contributed by atoms with van der Waals surface area (Å²) in [5.41, 5.74) is 6.23. The molecule has 0 radical (unpaired) electrons. The molecule has 2 heterocycles. The molecule has 4 aromatic rings. The van der Waals surface area contributed by atoms with Crippen LogP contribution in [0.25, 0.3) is 22.7 Å². The molecule has 0 bridgehead atoms. The molecule has 5 rings (SSSR count). The quantitative estimate of drug-likeness (QED) is 0.132. The maximum atomic E-state index is 17.0. The Labute approximate surface area is 287 Å². The van der Waals surface area contributed by atoms with Gasteiger partial charge in [-0.1, -0.05) is 30.3 Å². The minimum atomic E-state index is -3.70. The van der Waals surface area contributed by atoms with Crippen molar-refractivity contribution in [1.29, 1.82) is 0 Å². The van der Waals surface area contributed by atoms with Crippen LogP contribution in [0.2, 0.25) is 0 Å². The summed E-state index contributed by atoms with van der Waals surface area (Å²) in [6.45, 7) is 7.09. The van der Waals surface area contributed by atoms with E-state index < -0.39 is 44.1 Å². The Morgan fingerprint density at radius 3 is 2.42 bits per heavy atom. The number of allylic oxidation sites excluding steroid dienone is 1. The molecule has 0 fully saturated rings. The number of pyridine rings is 1. The second-order valence-electron chi connectivity index (χ2n) is 13.3. The Morgan fingerprint density at radius 1 is 1.12 bits per heavy atom. The number of Topliss-reactive ketones (excluding diaryl/α,β-unsaturated/α-hetero) is 1. The van der Waals surface area contributed by atoms with Crippen LogP contribution in [0.4, 0.5) is 17.6 Å². The third kappa shape index (κ3) is 7.81. The highest BCUT2D eigenvalue weighted by Gasteiger charge is 2.42. The van der Waals surface area contributed by atoms with Gasteiger partial charge in [0.15, 0.2) is 9.84 Å². The smallest absolute Gasteiger partial charge is 0.394 e. The number of sulfone groups is 1. The van der Waals surface area contributed by atoms with Crippen LogP contribution in [0.5, 0.6) is 5.75 Å². The third-order valence-corrected chi connectivity index (χ3v) is 11.1. The Kier molecular flexibility index (Phi) is 10.1. The molecule has 9 nitrogen and oxygen atoms in total. The molecule has 266 valence electrons. The maximum Gasteiger partial charge on any atom is 0.394 e. The van der Waals surface area contributed by atoms with Crippen molar-refractivity contribution in [3.63, 3.8) is 0 Å². The van der Waals surface area contributed by atoms with Gasteiger partial charge >= 0.3 is 6.11 Å². The number of ether oxygens (including phenoxy) is 1. The molecule has 2 aromatic carbocycles. The minimum absolute atomic E-state index is 0.0193. The summed E-state index contributed by atoms with van der Waals surface area (Å²) >= 11 is 0. The van der Waals surface area contributed by atoms with Crippen molar-refractivity contribution in [2.24, 2.45) is 5.73 Å². The molecule has 2 unspecified atom stereocenters. The van der Waals surface area contributed by atoms with Crippen LogP contribution in [0, 0.1) is 5.82 Å². The van der Waals surface area contributed by atoms with E-state index in [1.165, 1.54) is 38.3 Å². The zero-order valence-corrected chi connectivity index (χ0v) is 28.9. The fraction of sp³-hybridized carbons (Fsp3) is 0.389. The van der Waals surface area contributed by atoms with Crippen LogP contribution in [-0.2, 0) is 31.5 Å². The number of alkyl halides is 3. The van der Waals surface area contributed by atoms with Crippen LogP contribution in [-0.4, -0.2) is 47.8 Å². The van der Waals surface area contributed by atoms with Gasteiger partial charge in [0.25, 0.3) is 5.89 Å². The summed E-state index contributed by atoms with van der Waals surface area (Å²) in [6, 6.07) is 11.6. The Hall–Kier alpha value is -4.43. The Morgan fingerprint density at radius 2 is 1.82 bits per heavy atom. The molecule has 1 aliphatic carbocycles. The van der Waals surface area contributed by atoms with Gasteiger partial charge < -0.3 is 14.9 Å². The molecule has 0 saturated carbocycles. The van der Waals surface area contributed by atoms with Crippen LogP contribution in [0.1, 0.15) is 75.0 Å². The van der Waals surface area contributed by atoms with Crippen molar-refractivity contribution in [3.8, 4) is 28.5 Å². The number of benzene rings is 2. The van der Waals surface area contributed by atoms with Gasteiger partial charge in [-0.3, -0.25) is 9.78 Å². The molecule has 0 saturated heterocycles. The van der Waals surface area contributed by atoms with Crippen molar-refractivity contribution in [1.82, 2.24) is 15.2 Å². The molecule has 2 aromatic heterocycles. The predicted octanol–water partition coefficient (Wildman–Crippen LogP) is 7.36. The first-order valence-electron chi connectivity index (χ1n) is 15.9. The molecule has 3 atom stereocenters. The number of nitrogens with two attached hydrogens (primary N) is 1. The highest BCUT2D eigenvalue weighted by molar-refractivity contribution is 7.91. The monoisotopic (exact) mass is 714 g/mol. The zero-order chi connectivity index (χ0) is 36.6. The van der Waals surface area contributed by atoms with Gasteiger partial charge in [0, 0.05) is 38.0 Å². The number of halogens is 4. The molecule has 0 aliphatic heterocycles. The van der Waals surface area contributed by atoms with E-state index >= 15 is 8.78 Å². The van der Waals surface area contributed by atoms with Gasteiger partial charge in [-0.15, -0.1) is 16.8 Å². The number of ketones is 1. The fourth-order valence-corrected chi connectivity index (χ4v) is 6.39. The number of hydrogen-bond acceptors (Lipinski definition) is 9. The number of carbonyl (C=O) groups excluding carboxylic acids is 1. The average Bonchev–Trinajstić information content (AvgIpc) is 3.54. The first-order valence-corrected chi connectivity index (χ1v) is 17.8. The lowest BCUT2D eigenvalue weighted by atomic mass is 9.78. The molecular formula is C36H38F4N4O5S. The van der Waals surface area contributed by atoms with Gasteiger partial charge in [0.1, 0.15) is 27.8 Å². The van der Waals surface area contributed by atoms with Gasteiger partial charge in [-0.25, -0.2) is 17.2 Å². The first-order chi connectivity index (χ1) is 23.3. The van der Waals surface area contributed by atoms with Gasteiger partial charge in [0.05, 0.1) is 23.5 Å². The molecule has 0 spiro atoms. The van der Waals surface area contributed by atoms with E-state index in [4.69, 9.17) is 10.2 Å². The maximum absolute atomic E-state index is 17.0. The second-order valence-corrected chi connectivity index (χ2v) is 15.8. The standard InChI is InChI=1S/C36H38F4N4O5S/c1-6-15-36(40)19-29(41)31(45)14-11-23(16-21-7-9-22(10-8-21)30-13-12-24(20-42-30)49-35(4,38)39)25-17-26(28(37)18-27(25)36)32-43-44-33(48-32)34(2,3)50(5,46)47/h6-10,12-13,17-18,20,23,29H,1,11,14-16,19,41H2,2-5H3/t23?,29-,36?/m0/s1. The van der Waals surface area contributed by atoms with Crippen molar-refractivity contribution in [2.75, 3.05) is 6.26 Å². The summed E-state index contributed by atoms with van der Waals surface area (Å²) in [6.07, 6.45) is 0.233. The predicted molar refractivity (Wildman–Crippen MR) is 179 cm³/mol. The SMILES string of the molecule is C=CCC1(F)C[C@H](N)C(=O)CCC(Cc2ccc(-c3ccc(OC(C)(F)F)cn3)cc2)c2cc(-c3nnc(C(C)(C)S(C)(=O)=O)o3)c(F)cc21. The average molecular weight is 715 g/mol. The third-order valence-electron chi connectivity index (χ3n) is 9.09. The van der Waals surface area contributed by atoms with Gasteiger partial charge in [-0.05, 0) is 73.6 Å². The number of fused-ring (bicyclic) bond motifs is 1.